The Kier molecular flexibility index (Phi) is 6.07. The molecule has 0 bridgehead atoms. The van der Waals surface area contributed by atoms with Crippen LogP contribution in [-0.2, 0) is 4.79 Å². The summed E-state index contributed by atoms with van der Waals surface area (Å²) in [6.45, 7) is 0. The SMILES string of the molecule is O=C(C[C@@H](NC(=O)c1ccccc1Cl)c1ccccc1)Nc1nc2ccccc2s1. The molecule has 3 aromatic carbocycles. The predicted molar refractivity (Wildman–Crippen MR) is 121 cm³/mol. The fraction of sp³-hybridized carbons (Fsp3) is 0.0870. The molecule has 2 N–H and O–H groups in total. The van der Waals surface area contributed by atoms with Gasteiger partial charge in [-0.15, -0.1) is 0 Å². The standard InChI is InChI=1S/C23H18ClN3O2S/c24-17-11-5-4-10-16(17)22(29)25-19(15-8-2-1-3-9-15)14-21(28)27-23-26-18-12-6-7-13-20(18)30-23/h1-13,19H,14H2,(H,25,29)(H,26,27,28)/t19-/m1/s1. The average molecular weight is 436 g/mol. The molecule has 0 saturated carbocycles. The van der Waals surface area contributed by atoms with Crippen molar-refractivity contribution in [3.05, 3.63) is 95.0 Å². The molecule has 0 aliphatic rings. The van der Waals surface area contributed by atoms with E-state index in [9.17, 15) is 9.59 Å². The first-order valence-electron chi connectivity index (χ1n) is 9.36. The third-order valence-electron chi connectivity index (χ3n) is 4.56. The van der Waals surface area contributed by atoms with Crippen LogP contribution in [0.4, 0.5) is 5.13 Å². The van der Waals surface area contributed by atoms with Crippen LogP contribution in [0.5, 0.6) is 0 Å². The Bertz CT molecular complexity index is 1160. The highest BCUT2D eigenvalue weighted by Gasteiger charge is 2.21. The predicted octanol–water partition coefficient (Wildman–Crippen LogP) is 5.45. The van der Waals surface area contributed by atoms with Crippen molar-refractivity contribution in [3.8, 4) is 0 Å². The number of carbonyl (C=O) groups is 2. The van der Waals surface area contributed by atoms with E-state index in [2.05, 4.69) is 15.6 Å². The molecular weight excluding hydrogens is 418 g/mol. The van der Waals surface area contributed by atoms with Crippen LogP contribution >= 0.6 is 22.9 Å². The molecule has 0 spiro atoms. The van der Waals surface area contributed by atoms with E-state index in [4.69, 9.17) is 11.6 Å². The molecule has 0 aliphatic heterocycles. The Morgan fingerprint density at radius 1 is 0.933 bits per heavy atom. The Morgan fingerprint density at radius 2 is 1.63 bits per heavy atom. The number of carbonyl (C=O) groups excluding carboxylic acids is 2. The summed E-state index contributed by atoms with van der Waals surface area (Å²) in [6, 6.07) is 23.4. The monoisotopic (exact) mass is 435 g/mol. The highest BCUT2D eigenvalue weighted by molar-refractivity contribution is 7.22. The molecule has 1 aromatic heterocycles. The molecule has 30 heavy (non-hydrogen) atoms. The van der Waals surface area contributed by atoms with E-state index in [1.165, 1.54) is 11.3 Å². The number of rotatable bonds is 6. The zero-order valence-corrected chi connectivity index (χ0v) is 17.4. The molecule has 0 fully saturated rings. The van der Waals surface area contributed by atoms with Crippen LogP contribution in [0.15, 0.2) is 78.9 Å². The number of amides is 2. The summed E-state index contributed by atoms with van der Waals surface area (Å²) < 4.78 is 0.999. The van der Waals surface area contributed by atoms with Gasteiger partial charge in [-0.25, -0.2) is 4.98 Å². The quantitative estimate of drug-likeness (QED) is 0.423. The maximum Gasteiger partial charge on any atom is 0.253 e. The Labute approximate surface area is 182 Å². The third kappa shape index (κ3) is 4.67. The van der Waals surface area contributed by atoms with E-state index in [0.29, 0.717) is 15.7 Å². The lowest BCUT2D eigenvalue weighted by molar-refractivity contribution is -0.116. The lowest BCUT2D eigenvalue weighted by atomic mass is 10.0. The largest absolute Gasteiger partial charge is 0.345 e. The highest BCUT2D eigenvalue weighted by Crippen LogP contribution is 2.26. The Morgan fingerprint density at radius 3 is 2.40 bits per heavy atom. The van der Waals surface area contributed by atoms with Gasteiger partial charge in [-0.05, 0) is 29.8 Å². The molecular formula is C23H18ClN3O2S. The maximum absolute atomic E-state index is 12.8. The van der Waals surface area contributed by atoms with Gasteiger partial charge in [0, 0.05) is 0 Å². The number of benzene rings is 3. The molecule has 0 saturated heterocycles. The molecule has 1 atom stereocenters. The van der Waals surface area contributed by atoms with Gasteiger partial charge in [-0.1, -0.05) is 77.5 Å². The Hall–Kier alpha value is -3.22. The molecule has 1 heterocycles. The van der Waals surface area contributed by atoms with Crippen molar-refractivity contribution in [1.82, 2.24) is 10.3 Å². The molecule has 5 nitrogen and oxygen atoms in total. The Balaban J connectivity index is 1.51. The van der Waals surface area contributed by atoms with Gasteiger partial charge >= 0.3 is 0 Å². The zero-order chi connectivity index (χ0) is 20.9. The minimum Gasteiger partial charge on any atom is -0.345 e. The molecule has 2 amide bonds. The van der Waals surface area contributed by atoms with Gasteiger partial charge in [0.2, 0.25) is 5.91 Å². The summed E-state index contributed by atoms with van der Waals surface area (Å²) in [4.78, 5) is 29.9. The highest BCUT2D eigenvalue weighted by atomic mass is 35.5. The second-order valence-corrected chi connectivity index (χ2v) is 8.09. The number of hydrogen-bond acceptors (Lipinski definition) is 4. The number of aromatic nitrogens is 1. The summed E-state index contributed by atoms with van der Waals surface area (Å²) in [5.41, 5.74) is 2.04. The molecule has 150 valence electrons. The molecule has 4 rings (SSSR count). The van der Waals surface area contributed by atoms with Crippen LogP contribution in [-0.4, -0.2) is 16.8 Å². The summed E-state index contributed by atoms with van der Waals surface area (Å²) in [5.74, 6) is -0.565. The molecule has 0 aliphatic carbocycles. The maximum atomic E-state index is 12.8. The van der Waals surface area contributed by atoms with Crippen LogP contribution in [0.25, 0.3) is 10.2 Å². The van der Waals surface area contributed by atoms with Crippen LogP contribution < -0.4 is 10.6 Å². The first-order valence-corrected chi connectivity index (χ1v) is 10.6. The van der Waals surface area contributed by atoms with Crippen molar-refractivity contribution in [3.63, 3.8) is 0 Å². The van der Waals surface area contributed by atoms with Gasteiger partial charge in [0.25, 0.3) is 5.91 Å². The summed E-state index contributed by atoms with van der Waals surface area (Å²) in [6.07, 6.45) is 0.0656. The zero-order valence-electron chi connectivity index (χ0n) is 15.8. The van der Waals surface area contributed by atoms with E-state index in [0.717, 1.165) is 15.8 Å². The lowest BCUT2D eigenvalue weighted by Gasteiger charge is -2.19. The van der Waals surface area contributed by atoms with Crippen molar-refractivity contribution >= 4 is 50.1 Å². The average Bonchev–Trinajstić information content (AvgIpc) is 3.16. The van der Waals surface area contributed by atoms with Crippen LogP contribution in [0.1, 0.15) is 28.4 Å². The summed E-state index contributed by atoms with van der Waals surface area (Å²) in [5, 5.41) is 6.67. The number of hydrogen-bond donors (Lipinski definition) is 2. The first-order chi connectivity index (χ1) is 14.6. The fourth-order valence-corrected chi connectivity index (χ4v) is 4.20. The van der Waals surface area contributed by atoms with Crippen molar-refractivity contribution in [2.45, 2.75) is 12.5 Å². The number of para-hydroxylation sites is 1. The van der Waals surface area contributed by atoms with Gasteiger partial charge in [0.05, 0.1) is 33.3 Å². The number of nitrogens with zero attached hydrogens (tertiary/aromatic N) is 1. The second-order valence-electron chi connectivity index (χ2n) is 6.66. The van der Waals surface area contributed by atoms with E-state index < -0.39 is 6.04 Å². The third-order valence-corrected chi connectivity index (χ3v) is 5.84. The lowest BCUT2D eigenvalue weighted by Crippen LogP contribution is -2.31. The fourth-order valence-electron chi connectivity index (χ4n) is 3.10. The molecule has 4 aromatic rings. The van der Waals surface area contributed by atoms with Gasteiger partial charge < -0.3 is 10.6 Å². The van der Waals surface area contributed by atoms with Gasteiger partial charge in [-0.2, -0.15) is 0 Å². The van der Waals surface area contributed by atoms with Crippen LogP contribution in [0.3, 0.4) is 0 Å². The van der Waals surface area contributed by atoms with Crippen molar-refractivity contribution in [2.75, 3.05) is 5.32 Å². The van der Waals surface area contributed by atoms with E-state index in [-0.39, 0.29) is 18.2 Å². The van der Waals surface area contributed by atoms with Crippen molar-refractivity contribution < 1.29 is 9.59 Å². The number of anilines is 1. The van der Waals surface area contributed by atoms with E-state index in [1.54, 1.807) is 24.3 Å². The van der Waals surface area contributed by atoms with Gasteiger partial charge in [-0.3, -0.25) is 9.59 Å². The first kappa shape index (κ1) is 20.1. The van der Waals surface area contributed by atoms with Crippen LogP contribution in [0, 0.1) is 0 Å². The number of halogens is 1. The topological polar surface area (TPSA) is 71.1 Å². The van der Waals surface area contributed by atoms with E-state index >= 15 is 0 Å². The normalized spacial score (nSPS) is 11.8. The number of nitrogens with one attached hydrogen (secondary N) is 2. The summed E-state index contributed by atoms with van der Waals surface area (Å²) in [7, 11) is 0. The number of thiazole rings is 1. The summed E-state index contributed by atoms with van der Waals surface area (Å²) >= 11 is 7.57. The molecule has 0 radical (unpaired) electrons. The van der Waals surface area contributed by atoms with Crippen molar-refractivity contribution in [1.29, 1.82) is 0 Å². The van der Waals surface area contributed by atoms with Gasteiger partial charge in [0.1, 0.15) is 0 Å². The van der Waals surface area contributed by atoms with Crippen molar-refractivity contribution in [2.24, 2.45) is 0 Å². The van der Waals surface area contributed by atoms with E-state index in [1.807, 2.05) is 54.6 Å². The minimum absolute atomic E-state index is 0.0656. The van der Waals surface area contributed by atoms with Crippen LogP contribution in [0.2, 0.25) is 5.02 Å². The minimum atomic E-state index is -0.510. The van der Waals surface area contributed by atoms with Gasteiger partial charge in [0.15, 0.2) is 5.13 Å². The smallest absolute Gasteiger partial charge is 0.253 e. The second kappa shape index (κ2) is 9.07. The molecule has 0 unspecified atom stereocenters. The number of fused-ring (bicyclic) bond motifs is 1. The molecule has 7 heteroatoms.